The molecule has 0 spiro atoms. The molecule has 0 amide bonds. The molecule has 0 rings (SSSR count). The van der Waals surface area contributed by atoms with E-state index in [9.17, 15) is 16.8 Å². The maximum atomic E-state index is 10.4. The van der Waals surface area contributed by atoms with Crippen LogP contribution >= 0.6 is 0 Å². The van der Waals surface area contributed by atoms with E-state index in [0.717, 1.165) is 38.5 Å². The van der Waals surface area contributed by atoms with Gasteiger partial charge in [-0.25, -0.2) is 0 Å². The molecule has 0 unspecified atom stereocenters. The zero-order chi connectivity index (χ0) is 14.1. The van der Waals surface area contributed by atoms with Crippen molar-refractivity contribution >= 4 is 49.8 Å². The Bertz CT molecular complexity index is 364. The van der Waals surface area contributed by atoms with Gasteiger partial charge in [-0.05, 0) is 12.8 Å². The van der Waals surface area contributed by atoms with E-state index >= 15 is 0 Å². The average molecular weight is 326 g/mol. The Morgan fingerprint density at radius 2 is 0.737 bits per heavy atom. The van der Waals surface area contributed by atoms with Gasteiger partial charge in [-0.1, -0.05) is 38.5 Å². The maximum absolute atomic E-state index is 10.4. The average Bonchev–Trinajstić information content (AvgIpc) is 2.17. The van der Waals surface area contributed by atoms with Crippen molar-refractivity contribution in [3.8, 4) is 0 Å². The molecule has 0 saturated carbocycles. The Hall–Kier alpha value is 0.820. The zero-order valence-electron chi connectivity index (χ0n) is 10.4. The summed E-state index contributed by atoms with van der Waals surface area (Å²) >= 11 is 0. The van der Waals surface area contributed by atoms with Gasteiger partial charge in [0, 0.05) is 0 Å². The Kier molecular flexibility index (Phi) is 13.4. The van der Waals surface area contributed by atoms with Gasteiger partial charge in [0.1, 0.15) is 0 Å². The third-order valence-corrected chi connectivity index (χ3v) is 4.16. The molecular formula is C10H23NaO6S2. The summed E-state index contributed by atoms with van der Waals surface area (Å²) in [7, 11) is -7.65. The second-order valence-corrected chi connectivity index (χ2v) is 7.54. The van der Waals surface area contributed by atoms with Crippen LogP contribution in [0.5, 0.6) is 0 Å². The number of rotatable bonds is 11. The zero-order valence-corrected chi connectivity index (χ0v) is 12.0. The van der Waals surface area contributed by atoms with Crippen LogP contribution < -0.4 is 0 Å². The summed E-state index contributed by atoms with van der Waals surface area (Å²) in [5.41, 5.74) is 0. The number of hydrogen-bond donors (Lipinski definition) is 2. The monoisotopic (exact) mass is 326 g/mol. The summed E-state index contributed by atoms with van der Waals surface area (Å²) in [6.45, 7) is 0. The number of unbranched alkanes of at least 4 members (excludes halogenated alkanes) is 7. The van der Waals surface area contributed by atoms with Crippen LogP contribution in [0.1, 0.15) is 51.4 Å². The molecule has 19 heavy (non-hydrogen) atoms. The molecule has 0 saturated heterocycles. The van der Waals surface area contributed by atoms with E-state index in [1.54, 1.807) is 0 Å². The normalized spacial score (nSPS) is 12.1. The molecule has 0 aliphatic heterocycles. The van der Waals surface area contributed by atoms with Gasteiger partial charge >= 0.3 is 29.6 Å². The summed E-state index contributed by atoms with van der Waals surface area (Å²) in [5.74, 6) is -0.358. The molecular weight excluding hydrogens is 303 g/mol. The summed E-state index contributed by atoms with van der Waals surface area (Å²) in [6.07, 6.45) is 6.25. The molecule has 0 bridgehead atoms. The van der Waals surface area contributed by atoms with Crippen LogP contribution in [0.4, 0.5) is 0 Å². The Labute approximate surface area is 138 Å². The number of hydrogen-bond acceptors (Lipinski definition) is 4. The summed E-state index contributed by atoms with van der Waals surface area (Å²) in [6, 6.07) is 0. The van der Waals surface area contributed by atoms with E-state index in [4.69, 9.17) is 9.11 Å². The van der Waals surface area contributed by atoms with E-state index in [2.05, 4.69) is 0 Å². The Morgan fingerprint density at radius 1 is 0.526 bits per heavy atom. The third-order valence-electron chi connectivity index (χ3n) is 2.55. The molecule has 0 aliphatic rings. The van der Waals surface area contributed by atoms with Crippen LogP contribution in [-0.2, 0) is 20.2 Å². The molecule has 0 aromatic carbocycles. The molecule has 0 atom stereocenters. The van der Waals surface area contributed by atoms with Gasteiger partial charge in [-0.15, -0.1) is 0 Å². The fourth-order valence-electron chi connectivity index (χ4n) is 1.63. The molecule has 0 aromatic heterocycles. The van der Waals surface area contributed by atoms with Crippen LogP contribution in [0.15, 0.2) is 0 Å². The van der Waals surface area contributed by atoms with Crippen LogP contribution in [0, 0.1) is 0 Å². The molecule has 6 nitrogen and oxygen atoms in total. The SMILES string of the molecule is O=S(=O)(O)CCCCCCCCCCS(=O)(=O)O.[NaH]. The first-order valence-corrected chi connectivity index (χ1v) is 9.33. The first kappa shape index (κ1) is 22.1. The minimum absolute atomic E-state index is 0. The van der Waals surface area contributed by atoms with Crippen molar-refractivity contribution in [3.63, 3.8) is 0 Å². The second kappa shape index (κ2) is 11.5. The van der Waals surface area contributed by atoms with Gasteiger partial charge in [0.15, 0.2) is 0 Å². The minimum atomic E-state index is -3.82. The van der Waals surface area contributed by atoms with Crippen molar-refractivity contribution in [3.05, 3.63) is 0 Å². The molecule has 112 valence electrons. The third kappa shape index (κ3) is 21.3. The van der Waals surface area contributed by atoms with Crippen molar-refractivity contribution in [2.24, 2.45) is 0 Å². The van der Waals surface area contributed by atoms with Crippen molar-refractivity contribution in [1.29, 1.82) is 0 Å². The topological polar surface area (TPSA) is 109 Å². The summed E-state index contributed by atoms with van der Waals surface area (Å²) in [5, 5.41) is 0. The first-order valence-electron chi connectivity index (χ1n) is 6.11. The van der Waals surface area contributed by atoms with Crippen molar-refractivity contribution in [2.75, 3.05) is 11.5 Å². The van der Waals surface area contributed by atoms with Crippen molar-refractivity contribution < 1.29 is 25.9 Å². The molecule has 2 N–H and O–H groups in total. The van der Waals surface area contributed by atoms with Gasteiger partial charge < -0.3 is 0 Å². The van der Waals surface area contributed by atoms with Gasteiger partial charge in [-0.2, -0.15) is 16.8 Å². The predicted octanol–water partition coefficient (Wildman–Crippen LogP) is 1.23. The Morgan fingerprint density at radius 3 is 0.947 bits per heavy atom. The fourth-order valence-corrected chi connectivity index (χ4v) is 2.77. The van der Waals surface area contributed by atoms with Crippen molar-refractivity contribution in [1.82, 2.24) is 0 Å². The summed E-state index contributed by atoms with van der Waals surface area (Å²) < 4.78 is 58.6. The molecule has 0 aromatic rings. The van der Waals surface area contributed by atoms with E-state index < -0.39 is 20.2 Å². The Balaban J connectivity index is 0. The van der Waals surface area contributed by atoms with E-state index in [-0.39, 0.29) is 41.1 Å². The first-order chi connectivity index (χ1) is 8.21. The van der Waals surface area contributed by atoms with E-state index in [0.29, 0.717) is 12.8 Å². The van der Waals surface area contributed by atoms with Crippen LogP contribution in [0.3, 0.4) is 0 Å². The second-order valence-electron chi connectivity index (χ2n) is 4.40. The van der Waals surface area contributed by atoms with E-state index in [1.165, 1.54) is 0 Å². The van der Waals surface area contributed by atoms with Gasteiger partial charge in [0.2, 0.25) is 0 Å². The van der Waals surface area contributed by atoms with Gasteiger partial charge in [0.25, 0.3) is 20.2 Å². The van der Waals surface area contributed by atoms with Crippen LogP contribution in [-0.4, -0.2) is 67.0 Å². The van der Waals surface area contributed by atoms with Gasteiger partial charge in [0.05, 0.1) is 11.5 Å². The van der Waals surface area contributed by atoms with Crippen molar-refractivity contribution in [2.45, 2.75) is 51.4 Å². The summed E-state index contributed by atoms with van der Waals surface area (Å²) in [4.78, 5) is 0. The molecule has 0 aliphatic carbocycles. The standard InChI is InChI=1S/C10H22O6S2.Na.H/c11-17(12,13)9-7-5-3-1-2-4-6-8-10-18(14,15)16;;/h1-10H2,(H,11,12,13)(H,14,15,16);;. The fraction of sp³-hybridized carbons (Fsp3) is 1.00. The molecule has 0 radical (unpaired) electrons. The van der Waals surface area contributed by atoms with Crippen LogP contribution in [0.2, 0.25) is 0 Å². The molecule has 0 fully saturated rings. The predicted molar refractivity (Wildman–Crippen MR) is 76.9 cm³/mol. The van der Waals surface area contributed by atoms with Crippen LogP contribution in [0.25, 0.3) is 0 Å². The van der Waals surface area contributed by atoms with Gasteiger partial charge in [-0.3, -0.25) is 9.11 Å². The quantitative estimate of drug-likeness (QED) is 0.336. The molecule has 0 heterocycles. The van der Waals surface area contributed by atoms with E-state index in [1.807, 2.05) is 0 Å². The molecule has 9 heteroatoms.